The van der Waals surface area contributed by atoms with E-state index < -0.39 is 11.6 Å². The van der Waals surface area contributed by atoms with Gasteiger partial charge in [0.15, 0.2) is 11.6 Å². The molecule has 3 aromatic carbocycles. The molecular weight excluding hydrogens is 528 g/mol. The summed E-state index contributed by atoms with van der Waals surface area (Å²) in [4.78, 5) is 39.7. The predicted octanol–water partition coefficient (Wildman–Crippen LogP) is 5.86. The fourth-order valence-corrected chi connectivity index (χ4v) is 4.83. The highest BCUT2D eigenvalue weighted by molar-refractivity contribution is 6.31. The van der Waals surface area contributed by atoms with Gasteiger partial charge in [-0.3, -0.25) is 14.4 Å². The van der Waals surface area contributed by atoms with Gasteiger partial charge in [0.25, 0.3) is 5.56 Å². The molecule has 1 atom stereocenters. The Labute approximate surface area is 237 Å². The maximum atomic E-state index is 13.8. The molecule has 1 heterocycles. The molecule has 1 aromatic heterocycles. The number of nitriles is 1. The number of ketones is 2. The average Bonchev–Trinajstić information content (AvgIpc) is 2.96. The van der Waals surface area contributed by atoms with Crippen LogP contribution in [0.5, 0.6) is 11.5 Å². The van der Waals surface area contributed by atoms with Gasteiger partial charge < -0.3 is 14.0 Å². The van der Waals surface area contributed by atoms with Gasteiger partial charge in [-0.25, -0.2) is 0 Å². The molecule has 0 fully saturated rings. The zero-order chi connectivity index (χ0) is 28.8. The Morgan fingerprint density at radius 1 is 0.925 bits per heavy atom. The molecule has 0 aliphatic heterocycles. The number of rotatable bonds is 10. The van der Waals surface area contributed by atoms with E-state index in [9.17, 15) is 19.6 Å². The van der Waals surface area contributed by atoms with Crippen LogP contribution in [0.2, 0.25) is 5.02 Å². The lowest BCUT2D eigenvalue weighted by atomic mass is 9.95. The Bertz CT molecular complexity index is 1670. The van der Waals surface area contributed by atoms with Crippen LogP contribution in [0.3, 0.4) is 0 Å². The third kappa shape index (κ3) is 6.14. The number of benzene rings is 3. The van der Waals surface area contributed by atoms with Gasteiger partial charge in [-0.1, -0.05) is 48.0 Å². The number of Topliss-reactive ketones (excluding diaryl/α,β-unsaturated/α-hetero) is 2. The Balaban J connectivity index is 1.81. The van der Waals surface area contributed by atoms with Crippen LogP contribution < -0.4 is 15.0 Å². The lowest BCUT2D eigenvalue weighted by molar-refractivity contribution is -0.121. The zero-order valence-electron chi connectivity index (χ0n) is 22.3. The SMILES string of the molecule is COc1cc(CC(=O)C(Cc2ccccc2)n2cc(OC)c(-c3cc(Cl)ccc3C(C)=O)cc2=O)ccc1C#N. The van der Waals surface area contributed by atoms with Crippen LogP contribution in [0.4, 0.5) is 0 Å². The van der Waals surface area contributed by atoms with Crippen molar-refractivity contribution in [1.82, 2.24) is 4.57 Å². The molecule has 4 aromatic rings. The summed E-state index contributed by atoms with van der Waals surface area (Å²) >= 11 is 6.23. The number of carbonyl (C=O) groups is 2. The van der Waals surface area contributed by atoms with Gasteiger partial charge in [0.1, 0.15) is 17.6 Å². The molecule has 0 spiro atoms. The van der Waals surface area contributed by atoms with E-state index in [1.807, 2.05) is 30.3 Å². The summed E-state index contributed by atoms with van der Waals surface area (Å²) in [6.45, 7) is 1.44. The largest absolute Gasteiger partial charge is 0.495 e. The van der Waals surface area contributed by atoms with Crippen molar-refractivity contribution in [3.8, 4) is 28.7 Å². The molecular formula is C32H27ClN2O5. The summed E-state index contributed by atoms with van der Waals surface area (Å²) in [6.07, 6.45) is 1.79. The molecule has 0 bridgehead atoms. The Morgan fingerprint density at radius 2 is 1.65 bits per heavy atom. The number of hydrogen-bond acceptors (Lipinski definition) is 6. The number of nitrogens with zero attached hydrogens (tertiary/aromatic N) is 2. The van der Waals surface area contributed by atoms with Gasteiger partial charge >= 0.3 is 0 Å². The molecule has 7 nitrogen and oxygen atoms in total. The molecule has 1 unspecified atom stereocenters. The summed E-state index contributed by atoms with van der Waals surface area (Å²) in [5.41, 5.74) is 2.73. The van der Waals surface area contributed by atoms with Crippen molar-refractivity contribution in [3.05, 3.63) is 117 Å². The normalized spacial score (nSPS) is 11.4. The van der Waals surface area contributed by atoms with Gasteiger partial charge in [-0.15, -0.1) is 0 Å². The summed E-state index contributed by atoms with van der Waals surface area (Å²) in [6, 6.07) is 21.8. The molecule has 0 radical (unpaired) electrons. The fraction of sp³-hybridized carbons (Fsp3) is 0.188. The van der Waals surface area contributed by atoms with E-state index in [2.05, 4.69) is 6.07 Å². The number of carbonyl (C=O) groups excluding carboxylic acids is 2. The summed E-state index contributed by atoms with van der Waals surface area (Å²) in [7, 11) is 2.92. The van der Waals surface area contributed by atoms with Crippen LogP contribution >= 0.6 is 11.6 Å². The monoisotopic (exact) mass is 554 g/mol. The van der Waals surface area contributed by atoms with E-state index in [1.165, 1.54) is 38.0 Å². The molecule has 202 valence electrons. The van der Waals surface area contributed by atoms with Crippen LogP contribution in [-0.2, 0) is 17.6 Å². The first-order chi connectivity index (χ1) is 19.2. The van der Waals surface area contributed by atoms with Crippen molar-refractivity contribution in [1.29, 1.82) is 5.26 Å². The van der Waals surface area contributed by atoms with E-state index in [0.29, 0.717) is 44.3 Å². The molecule has 0 aliphatic rings. The van der Waals surface area contributed by atoms with Crippen molar-refractivity contribution >= 4 is 23.2 Å². The topological polar surface area (TPSA) is 98.4 Å². The molecule has 0 aliphatic carbocycles. The van der Waals surface area contributed by atoms with Crippen LogP contribution in [0, 0.1) is 11.3 Å². The quantitative estimate of drug-likeness (QED) is 0.228. The molecule has 40 heavy (non-hydrogen) atoms. The van der Waals surface area contributed by atoms with Crippen LogP contribution in [0.15, 0.2) is 83.8 Å². The van der Waals surface area contributed by atoms with Gasteiger partial charge in [0.05, 0.1) is 32.0 Å². The Kier molecular flexibility index (Phi) is 8.83. The highest BCUT2D eigenvalue weighted by Crippen LogP contribution is 2.34. The third-order valence-corrected chi connectivity index (χ3v) is 6.89. The van der Waals surface area contributed by atoms with E-state index in [-0.39, 0.29) is 24.4 Å². The summed E-state index contributed by atoms with van der Waals surface area (Å²) in [5.74, 6) is 0.293. The first-order valence-corrected chi connectivity index (χ1v) is 12.9. The highest BCUT2D eigenvalue weighted by Gasteiger charge is 2.25. The van der Waals surface area contributed by atoms with Gasteiger partial charge in [-0.05, 0) is 53.9 Å². The summed E-state index contributed by atoms with van der Waals surface area (Å²) in [5, 5.41) is 9.70. The standard InChI is InChI=1S/C32H27ClN2O5/c1-20(36)25-12-11-24(33)16-26(25)27-17-32(38)35(19-31(27)40-3)28(13-21-7-5-4-6-8-21)29(37)14-22-9-10-23(18-34)30(15-22)39-2/h4-12,15-17,19,28H,13-14H2,1-3H3. The second-order valence-corrected chi connectivity index (χ2v) is 9.68. The maximum Gasteiger partial charge on any atom is 0.252 e. The molecule has 4 rings (SSSR count). The minimum atomic E-state index is -0.855. The Hall–Kier alpha value is -4.67. The fourth-order valence-electron chi connectivity index (χ4n) is 4.65. The number of halogens is 1. The van der Waals surface area contributed by atoms with Gasteiger partial charge in [-0.2, -0.15) is 5.26 Å². The third-order valence-electron chi connectivity index (χ3n) is 6.66. The molecule has 0 amide bonds. The second-order valence-electron chi connectivity index (χ2n) is 9.24. The van der Waals surface area contributed by atoms with Gasteiger partial charge in [0, 0.05) is 35.1 Å². The second kappa shape index (κ2) is 12.5. The van der Waals surface area contributed by atoms with Crippen LogP contribution in [-0.4, -0.2) is 30.4 Å². The predicted molar refractivity (Wildman–Crippen MR) is 153 cm³/mol. The van der Waals surface area contributed by atoms with Crippen molar-refractivity contribution in [2.75, 3.05) is 14.2 Å². The van der Waals surface area contributed by atoms with Crippen molar-refractivity contribution in [2.24, 2.45) is 0 Å². The number of hydrogen-bond donors (Lipinski definition) is 0. The van der Waals surface area contributed by atoms with Crippen LogP contribution in [0.25, 0.3) is 11.1 Å². The average molecular weight is 555 g/mol. The minimum absolute atomic E-state index is 0.0128. The van der Waals surface area contributed by atoms with E-state index in [0.717, 1.165) is 5.56 Å². The van der Waals surface area contributed by atoms with E-state index in [4.69, 9.17) is 21.1 Å². The van der Waals surface area contributed by atoms with E-state index >= 15 is 0 Å². The van der Waals surface area contributed by atoms with Crippen molar-refractivity contribution in [3.63, 3.8) is 0 Å². The lowest BCUT2D eigenvalue weighted by Gasteiger charge is -2.22. The molecule has 8 heteroatoms. The molecule has 0 saturated carbocycles. The number of pyridine rings is 1. The van der Waals surface area contributed by atoms with Gasteiger partial charge in [0.2, 0.25) is 0 Å². The maximum absolute atomic E-state index is 13.8. The molecule has 0 N–H and O–H groups in total. The van der Waals surface area contributed by atoms with Crippen LogP contribution in [0.1, 0.15) is 40.0 Å². The van der Waals surface area contributed by atoms with Crippen molar-refractivity contribution in [2.45, 2.75) is 25.8 Å². The first-order valence-electron chi connectivity index (χ1n) is 12.5. The smallest absolute Gasteiger partial charge is 0.252 e. The number of aromatic nitrogens is 1. The van der Waals surface area contributed by atoms with Crippen molar-refractivity contribution < 1.29 is 19.1 Å². The summed E-state index contributed by atoms with van der Waals surface area (Å²) < 4.78 is 12.3. The number of ether oxygens (including phenoxy) is 2. The zero-order valence-corrected chi connectivity index (χ0v) is 23.1. The van der Waals surface area contributed by atoms with E-state index in [1.54, 1.807) is 36.4 Å². The molecule has 0 saturated heterocycles. The lowest BCUT2D eigenvalue weighted by Crippen LogP contribution is -2.32. The first kappa shape index (κ1) is 28.3. The number of methoxy groups -OCH3 is 2. The Morgan fingerprint density at radius 3 is 2.30 bits per heavy atom. The minimum Gasteiger partial charge on any atom is -0.495 e. The highest BCUT2D eigenvalue weighted by atomic mass is 35.5.